The van der Waals surface area contributed by atoms with E-state index in [-0.39, 0.29) is 5.92 Å². The molecule has 0 aromatic heterocycles. The number of nitrogens with two attached hydrogens (primary N) is 1. The fourth-order valence-corrected chi connectivity index (χ4v) is 1.62. The molecule has 9 heteroatoms. The quantitative estimate of drug-likeness (QED) is 0.499. The third-order valence-corrected chi connectivity index (χ3v) is 2.45. The number of rotatable bonds is 8. The number of primary amides is 1. The van der Waals surface area contributed by atoms with Crippen LogP contribution in [0.15, 0.2) is 0 Å². The van der Waals surface area contributed by atoms with E-state index in [2.05, 4.69) is 10.1 Å². The van der Waals surface area contributed by atoms with Crippen LogP contribution < -0.4 is 11.1 Å². The summed E-state index contributed by atoms with van der Waals surface area (Å²) in [7, 11) is 1.18. The minimum absolute atomic E-state index is 0.0958. The monoisotopic (exact) mass is 303 g/mol. The second-order valence-electron chi connectivity index (χ2n) is 4.87. The molecule has 0 aliphatic carbocycles. The smallest absolute Gasteiger partial charge is 0.328 e. The van der Waals surface area contributed by atoms with Gasteiger partial charge in [-0.3, -0.25) is 9.59 Å². The summed E-state index contributed by atoms with van der Waals surface area (Å²) in [5.41, 5.74) is 4.96. The van der Waals surface area contributed by atoms with Crippen molar-refractivity contribution >= 4 is 23.9 Å². The summed E-state index contributed by atoms with van der Waals surface area (Å²) in [5, 5.41) is 11.1. The number of carbonyl (C=O) groups is 4. The van der Waals surface area contributed by atoms with Crippen LogP contribution in [0.2, 0.25) is 0 Å². The van der Waals surface area contributed by atoms with Gasteiger partial charge in [-0.25, -0.2) is 9.59 Å². The van der Waals surface area contributed by atoms with E-state index in [9.17, 15) is 19.2 Å². The van der Waals surface area contributed by atoms with Crippen LogP contribution in [-0.4, -0.2) is 60.1 Å². The van der Waals surface area contributed by atoms with Crippen molar-refractivity contribution in [1.29, 1.82) is 0 Å². The number of ether oxygens (including phenoxy) is 1. The lowest BCUT2D eigenvalue weighted by Crippen LogP contribution is -2.52. The summed E-state index contributed by atoms with van der Waals surface area (Å²) in [5.74, 6) is -2.71. The molecule has 0 aromatic rings. The highest BCUT2D eigenvalue weighted by molar-refractivity contribution is 5.88. The van der Waals surface area contributed by atoms with Crippen molar-refractivity contribution < 1.29 is 29.0 Å². The van der Waals surface area contributed by atoms with Gasteiger partial charge in [0.1, 0.15) is 19.1 Å². The number of carboxylic acid groups (broad SMARTS) is 1. The summed E-state index contributed by atoms with van der Waals surface area (Å²) in [6, 6.07) is -1.79. The van der Waals surface area contributed by atoms with Gasteiger partial charge in [0, 0.05) is 0 Å². The van der Waals surface area contributed by atoms with E-state index in [1.54, 1.807) is 0 Å². The molecule has 0 rings (SSSR count). The molecule has 0 radical (unpaired) electrons. The number of methoxy groups -OCH3 is 1. The number of aliphatic carboxylic acids is 1. The highest BCUT2D eigenvalue weighted by Crippen LogP contribution is 2.07. The van der Waals surface area contributed by atoms with Crippen molar-refractivity contribution in [1.82, 2.24) is 10.2 Å². The van der Waals surface area contributed by atoms with Crippen molar-refractivity contribution in [3.05, 3.63) is 0 Å². The normalized spacial score (nSPS) is 11.6. The fraction of sp³-hybridized carbons (Fsp3) is 0.667. The number of nitrogens with one attached hydrogen (secondary N) is 1. The van der Waals surface area contributed by atoms with Crippen LogP contribution in [0, 0.1) is 5.92 Å². The Hall–Kier alpha value is -2.32. The molecule has 0 saturated carbocycles. The number of urea groups is 1. The summed E-state index contributed by atoms with van der Waals surface area (Å²) >= 11 is 0. The van der Waals surface area contributed by atoms with E-state index in [0.29, 0.717) is 11.3 Å². The first-order valence-corrected chi connectivity index (χ1v) is 6.30. The second kappa shape index (κ2) is 8.77. The molecule has 0 fully saturated rings. The average Bonchev–Trinajstić information content (AvgIpc) is 2.34. The number of hydrogen-bond donors (Lipinski definition) is 3. The molecule has 3 amide bonds. The fourth-order valence-electron chi connectivity index (χ4n) is 1.62. The molecule has 120 valence electrons. The molecule has 0 bridgehead atoms. The third kappa shape index (κ3) is 7.75. The van der Waals surface area contributed by atoms with Crippen LogP contribution in [0.4, 0.5) is 4.79 Å². The summed E-state index contributed by atoms with van der Waals surface area (Å²) in [6.07, 6.45) is 0.315. The van der Waals surface area contributed by atoms with Crippen molar-refractivity contribution in [2.75, 3.05) is 20.2 Å². The number of carbonyl (C=O) groups excluding carboxylic acids is 3. The van der Waals surface area contributed by atoms with Crippen LogP contribution >= 0.6 is 0 Å². The zero-order chi connectivity index (χ0) is 16.6. The third-order valence-electron chi connectivity index (χ3n) is 2.45. The second-order valence-corrected chi connectivity index (χ2v) is 4.87. The first-order chi connectivity index (χ1) is 9.67. The van der Waals surface area contributed by atoms with Crippen LogP contribution in [0.3, 0.4) is 0 Å². The van der Waals surface area contributed by atoms with Crippen LogP contribution in [0.1, 0.15) is 20.3 Å². The molecule has 1 atom stereocenters. The molecule has 9 nitrogen and oxygen atoms in total. The molecule has 0 heterocycles. The Labute approximate surface area is 122 Å². The maximum atomic E-state index is 12.0. The average molecular weight is 303 g/mol. The Bertz CT molecular complexity index is 394. The molecule has 21 heavy (non-hydrogen) atoms. The first kappa shape index (κ1) is 18.7. The van der Waals surface area contributed by atoms with Gasteiger partial charge >= 0.3 is 18.0 Å². The van der Waals surface area contributed by atoms with E-state index in [1.165, 1.54) is 7.11 Å². The lowest BCUT2D eigenvalue weighted by atomic mass is 10.0. The Morgan fingerprint density at radius 3 is 2.19 bits per heavy atom. The lowest BCUT2D eigenvalue weighted by Gasteiger charge is -2.24. The largest absolute Gasteiger partial charge is 0.480 e. The van der Waals surface area contributed by atoms with Gasteiger partial charge in [-0.15, -0.1) is 0 Å². The minimum atomic E-state index is -1.30. The molecule has 0 aliphatic heterocycles. The van der Waals surface area contributed by atoms with Gasteiger partial charge in [-0.2, -0.15) is 0 Å². The molecule has 0 spiro atoms. The number of esters is 1. The van der Waals surface area contributed by atoms with E-state index < -0.39 is 43.0 Å². The Balaban J connectivity index is 4.91. The van der Waals surface area contributed by atoms with Crippen molar-refractivity contribution in [2.24, 2.45) is 11.7 Å². The van der Waals surface area contributed by atoms with E-state index in [1.807, 2.05) is 13.8 Å². The Kier molecular flexibility index (Phi) is 7.80. The highest BCUT2D eigenvalue weighted by atomic mass is 16.5. The van der Waals surface area contributed by atoms with Crippen LogP contribution in [0.25, 0.3) is 0 Å². The van der Waals surface area contributed by atoms with E-state index in [4.69, 9.17) is 10.8 Å². The predicted octanol–water partition coefficient (Wildman–Crippen LogP) is -0.844. The van der Waals surface area contributed by atoms with Gasteiger partial charge in [0.2, 0.25) is 5.91 Å². The Morgan fingerprint density at radius 2 is 1.81 bits per heavy atom. The van der Waals surface area contributed by atoms with Gasteiger partial charge in [-0.05, 0) is 12.3 Å². The van der Waals surface area contributed by atoms with Gasteiger partial charge in [0.25, 0.3) is 0 Å². The van der Waals surface area contributed by atoms with Crippen LogP contribution in [-0.2, 0) is 19.1 Å². The molecular formula is C12H21N3O6. The standard InChI is InChI=1S/C12H21N3O6/c1-7(2)4-8(11(19)21-3)14-12(20)15(5-9(13)16)6-10(17)18/h7-8H,4-6H2,1-3H3,(H2,13,16)(H,14,20)(H,17,18). The molecule has 0 aliphatic rings. The number of hydrogen-bond acceptors (Lipinski definition) is 5. The van der Waals surface area contributed by atoms with Gasteiger partial charge < -0.3 is 25.8 Å². The topological polar surface area (TPSA) is 139 Å². The highest BCUT2D eigenvalue weighted by Gasteiger charge is 2.26. The number of carboxylic acids is 1. The summed E-state index contributed by atoms with van der Waals surface area (Å²) < 4.78 is 4.58. The van der Waals surface area contributed by atoms with E-state index >= 15 is 0 Å². The molecule has 0 saturated heterocycles. The predicted molar refractivity (Wildman–Crippen MR) is 72.2 cm³/mol. The van der Waals surface area contributed by atoms with Crippen LogP contribution in [0.5, 0.6) is 0 Å². The van der Waals surface area contributed by atoms with E-state index in [0.717, 1.165) is 0 Å². The van der Waals surface area contributed by atoms with Crippen molar-refractivity contribution in [3.63, 3.8) is 0 Å². The summed E-state index contributed by atoms with van der Waals surface area (Å²) in [4.78, 5) is 45.8. The maximum Gasteiger partial charge on any atom is 0.328 e. The lowest BCUT2D eigenvalue weighted by molar-refractivity contribution is -0.143. The summed E-state index contributed by atoms with van der Waals surface area (Å²) in [6.45, 7) is 2.43. The number of nitrogens with zero attached hydrogens (tertiary/aromatic N) is 1. The van der Waals surface area contributed by atoms with Crippen molar-refractivity contribution in [3.8, 4) is 0 Å². The van der Waals surface area contributed by atoms with Gasteiger partial charge in [0.05, 0.1) is 7.11 Å². The Morgan fingerprint density at radius 1 is 1.24 bits per heavy atom. The number of amides is 3. The SMILES string of the molecule is COC(=O)C(CC(C)C)NC(=O)N(CC(N)=O)CC(=O)O. The minimum Gasteiger partial charge on any atom is -0.480 e. The molecular weight excluding hydrogens is 282 g/mol. The first-order valence-electron chi connectivity index (χ1n) is 6.30. The molecule has 4 N–H and O–H groups in total. The maximum absolute atomic E-state index is 12.0. The van der Waals surface area contributed by atoms with Gasteiger partial charge in [-0.1, -0.05) is 13.8 Å². The van der Waals surface area contributed by atoms with Gasteiger partial charge in [0.15, 0.2) is 0 Å². The zero-order valence-electron chi connectivity index (χ0n) is 12.3. The molecule has 1 unspecified atom stereocenters. The zero-order valence-corrected chi connectivity index (χ0v) is 12.3. The van der Waals surface area contributed by atoms with Crippen molar-refractivity contribution in [2.45, 2.75) is 26.3 Å². The molecule has 0 aromatic carbocycles.